The van der Waals surface area contributed by atoms with E-state index >= 15 is 0 Å². The van der Waals surface area contributed by atoms with Gasteiger partial charge in [-0.25, -0.2) is 4.98 Å². The molecule has 0 amide bonds. The predicted molar refractivity (Wildman–Crippen MR) is 120 cm³/mol. The smallest absolute Gasteiger partial charge is 0.191 e. The van der Waals surface area contributed by atoms with Crippen molar-refractivity contribution >= 4 is 46.4 Å². The fraction of sp³-hybridized carbons (Fsp3) is 0.765. The summed E-state index contributed by atoms with van der Waals surface area (Å²) in [6, 6.07) is 0. The van der Waals surface area contributed by atoms with Gasteiger partial charge in [-0.2, -0.15) is 0 Å². The van der Waals surface area contributed by atoms with Gasteiger partial charge in [0.25, 0.3) is 0 Å². The molecule has 2 N–H and O–H groups in total. The van der Waals surface area contributed by atoms with Gasteiger partial charge in [-0.05, 0) is 38.9 Å². The topological polar surface area (TPSA) is 55.8 Å². The second kappa shape index (κ2) is 12.7. The first-order valence-electron chi connectivity index (χ1n) is 8.97. The SMILES string of the molecule is CN=C(NCCCN1CCCCCC1)NCc1csc(N(C)C)n1.I. The Kier molecular flexibility index (Phi) is 11.4. The Morgan fingerprint density at radius 2 is 1.96 bits per heavy atom. The molecule has 8 heteroatoms. The third-order valence-electron chi connectivity index (χ3n) is 4.23. The number of aliphatic imine (C=N–C) groups is 1. The molecule has 2 rings (SSSR count). The third kappa shape index (κ3) is 8.54. The van der Waals surface area contributed by atoms with Gasteiger partial charge in [-0.15, -0.1) is 35.3 Å². The van der Waals surface area contributed by atoms with Crippen LogP contribution >= 0.6 is 35.3 Å². The molecule has 6 nitrogen and oxygen atoms in total. The molecular formula is C17H33IN6S. The molecule has 1 aliphatic heterocycles. The van der Waals surface area contributed by atoms with Crippen molar-refractivity contribution in [2.24, 2.45) is 4.99 Å². The molecule has 0 spiro atoms. The van der Waals surface area contributed by atoms with Crippen molar-refractivity contribution in [3.05, 3.63) is 11.1 Å². The highest BCUT2D eigenvalue weighted by Gasteiger charge is 2.08. The molecule has 0 aromatic carbocycles. The van der Waals surface area contributed by atoms with E-state index in [0.717, 1.165) is 29.8 Å². The van der Waals surface area contributed by atoms with Crippen molar-refractivity contribution in [1.82, 2.24) is 20.5 Å². The quantitative estimate of drug-likeness (QED) is 0.272. The zero-order valence-electron chi connectivity index (χ0n) is 15.8. The molecule has 1 aliphatic rings. The normalized spacial score (nSPS) is 16.0. The number of nitrogens with zero attached hydrogens (tertiary/aromatic N) is 4. The van der Waals surface area contributed by atoms with Gasteiger partial charge >= 0.3 is 0 Å². The number of likely N-dealkylation sites (tertiary alicyclic amines) is 1. The van der Waals surface area contributed by atoms with Crippen LogP contribution in [0.2, 0.25) is 0 Å². The van der Waals surface area contributed by atoms with E-state index in [-0.39, 0.29) is 24.0 Å². The van der Waals surface area contributed by atoms with Crippen LogP contribution in [-0.4, -0.2) is 63.2 Å². The van der Waals surface area contributed by atoms with Crippen LogP contribution in [-0.2, 0) is 6.54 Å². The first-order valence-corrected chi connectivity index (χ1v) is 9.85. The summed E-state index contributed by atoms with van der Waals surface area (Å²) >= 11 is 1.66. The monoisotopic (exact) mass is 480 g/mol. The van der Waals surface area contributed by atoms with Gasteiger partial charge in [-0.3, -0.25) is 4.99 Å². The minimum Gasteiger partial charge on any atom is -0.356 e. The van der Waals surface area contributed by atoms with E-state index in [1.165, 1.54) is 45.3 Å². The fourth-order valence-electron chi connectivity index (χ4n) is 2.85. The molecule has 25 heavy (non-hydrogen) atoms. The molecule has 2 heterocycles. The predicted octanol–water partition coefficient (Wildman–Crippen LogP) is 2.76. The molecule has 1 saturated heterocycles. The third-order valence-corrected chi connectivity index (χ3v) is 5.28. The van der Waals surface area contributed by atoms with Gasteiger partial charge in [0.15, 0.2) is 11.1 Å². The lowest BCUT2D eigenvalue weighted by Gasteiger charge is -2.20. The van der Waals surface area contributed by atoms with Gasteiger partial charge in [0.1, 0.15) is 0 Å². The summed E-state index contributed by atoms with van der Waals surface area (Å²) in [5.41, 5.74) is 1.05. The number of thiazole rings is 1. The van der Waals surface area contributed by atoms with Crippen LogP contribution in [0.25, 0.3) is 0 Å². The highest BCUT2D eigenvalue weighted by atomic mass is 127. The molecule has 0 unspecified atom stereocenters. The summed E-state index contributed by atoms with van der Waals surface area (Å²) in [7, 11) is 5.85. The number of aromatic nitrogens is 1. The summed E-state index contributed by atoms with van der Waals surface area (Å²) in [6.45, 7) is 5.38. The summed E-state index contributed by atoms with van der Waals surface area (Å²) in [5.74, 6) is 0.852. The molecule has 0 aliphatic carbocycles. The van der Waals surface area contributed by atoms with E-state index in [1.807, 2.05) is 26.0 Å². The van der Waals surface area contributed by atoms with E-state index < -0.39 is 0 Å². The Morgan fingerprint density at radius 3 is 2.56 bits per heavy atom. The van der Waals surface area contributed by atoms with E-state index in [9.17, 15) is 0 Å². The maximum Gasteiger partial charge on any atom is 0.191 e. The largest absolute Gasteiger partial charge is 0.356 e. The van der Waals surface area contributed by atoms with Crippen LogP contribution in [0.3, 0.4) is 0 Å². The van der Waals surface area contributed by atoms with Crippen LogP contribution in [0.4, 0.5) is 5.13 Å². The zero-order valence-corrected chi connectivity index (χ0v) is 18.9. The van der Waals surface area contributed by atoms with Crippen LogP contribution in [0, 0.1) is 0 Å². The first kappa shape index (κ1) is 22.4. The number of rotatable bonds is 7. The van der Waals surface area contributed by atoms with Gasteiger partial charge in [0, 0.05) is 33.1 Å². The lowest BCUT2D eigenvalue weighted by atomic mass is 10.2. The number of anilines is 1. The number of halogens is 1. The summed E-state index contributed by atoms with van der Waals surface area (Å²) in [4.78, 5) is 13.5. The van der Waals surface area contributed by atoms with Gasteiger partial charge in [0.2, 0.25) is 0 Å². The lowest BCUT2D eigenvalue weighted by Crippen LogP contribution is -2.38. The number of hydrogen-bond acceptors (Lipinski definition) is 5. The summed E-state index contributed by atoms with van der Waals surface area (Å²) in [5, 5.41) is 9.87. The van der Waals surface area contributed by atoms with Crippen molar-refractivity contribution in [2.45, 2.75) is 38.6 Å². The van der Waals surface area contributed by atoms with E-state index in [1.54, 1.807) is 11.3 Å². The van der Waals surface area contributed by atoms with Gasteiger partial charge < -0.3 is 20.4 Å². The molecule has 144 valence electrons. The van der Waals surface area contributed by atoms with Crippen molar-refractivity contribution in [2.75, 3.05) is 52.2 Å². The number of guanidine groups is 1. The van der Waals surface area contributed by atoms with Crippen LogP contribution in [0.1, 0.15) is 37.8 Å². The molecule has 0 radical (unpaired) electrons. The van der Waals surface area contributed by atoms with Gasteiger partial charge in [-0.1, -0.05) is 12.8 Å². The van der Waals surface area contributed by atoms with Gasteiger partial charge in [0.05, 0.1) is 12.2 Å². The highest BCUT2D eigenvalue weighted by molar-refractivity contribution is 14.0. The summed E-state index contributed by atoms with van der Waals surface area (Å²) in [6.07, 6.45) is 6.68. The Hall–Kier alpha value is -0.610. The number of hydrogen-bond donors (Lipinski definition) is 2. The molecule has 0 atom stereocenters. The molecule has 0 bridgehead atoms. The van der Waals surface area contributed by atoms with Crippen molar-refractivity contribution in [3.8, 4) is 0 Å². The zero-order chi connectivity index (χ0) is 17.2. The van der Waals surface area contributed by atoms with Crippen molar-refractivity contribution in [1.29, 1.82) is 0 Å². The maximum atomic E-state index is 4.58. The second-order valence-electron chi connectivity index (χ2n) is 6.48. The molecule has 1 aromatic heterocycles. The van der Waals surface area contributed by atoms with Crippen LogP contribution in [0.15, 0.2) is 10.4 Å². The average molecular weight is 480 g/mol. The van der Waals surface area contributed by atoms with E-state index in [4.69, 9.17) is 0 Å². The minimum atomic E-state index is 0. The standard InChI is InChI=1S/C17H32N6S.HI/c1-18-16(20-13-15-14-24-17(21-15)22(2)3)19-9-8-12-23-10-6-4-5-7-11-23;/h14H,4-13H2,1-3H3,(H2,18,19,20);1H. The maximum absolute atomic E-state index is 4.58. The molecule has 0 saturated carbocycles. The molecule has 1 aromatic rings. The molecule has 1 fully saturated rings. The van der Waals surface area contributed by atoms with E-state index in [2.05, 4.69) is 30.9 Å². The Bertz CT molecular complexity index is 497. The van der Waals surface area contributed by atoms with Crippen molar-refractivity contribution in [3.63, 3.8) is 0 Å². The summed E-state index contributed by atoms with van der Waals surface area (Å²) < 4.78 is 0. The second-order valence-corrected chi connectivity index (χ2v) is 7.31. The first-order chi connectivity index (χ1) is 11.7. The highest BCUT2D eigenvalue weighted by Crippen LogP contribution is 2.17. The lowest BCUT2D eigenvalue weighted by molar-refractivity contribution is 0.282. The fourth-order valence-corrected chi connectivity index (χ4v) is 3.61. The van der Waals surface area contributed by atoms with E-state index in [0.29, 0.717) is 6.54 Å². The Morgan fingerprint density at radius 1 is 1.24 bits per heavy atom. The number of nitrogens with one attached hydrogen (secondary N) is 2. The minimum absolute atomic E-state index is 0. The van der Waals surface area contributed by atoms with Crippen molar-refractivity contribution < 1.29 is 0 Å². The Labute approximate surface area is 173 Å². The van der Waals surface area contributed by atoms with Crippen LogP contribution < -0.4 is 15.5 Å². The Balaban J connectivity index is 0.00000312. The van der Waals surface area contributed by atoms with Crippen LogP contribution in [0.5, 0.6) is 0 Å². The molecular weight excluding hydrogens is 447 g/mol. The average Bonchev–Trinajstić information content (AvgIpc) is 2.91.